The van der Waals surface area contributed by atoms with Crippen molar-refractivity contribution in [2.24, 2.45) is 5.92 Å². The van der Waals surface area contributed by atoms with Crippen molar-refractivity contribution >= 4 is 17.7 Å². The Balaban J connectivity index is 1.24. The van der Waals surface area contributed by atoms with E-state index in [0.29, 0.717) is 45.9 Å². The van der Waals surface area contributed by atoms with Crippen molar-refractivity contribution in [3.63, 3.8) is 0 Å². The molecule has 2 saturated heterocycles. The fourth-order valence-corrected chi connectivity index (χ4v) is 4.55. The lowest BCUT2D eigenvalue weighted by Gasteiger charge is -2.39. The number of benzene rings is 2. The van der Waals surface area contributed by atoms with Gasteiger partial charge in [-0.3, -0.25) is 14.4 Å². The summed E-state index contributed by atoms with van der Waals surface area (Å²) in [7, 11) is 0. The highest BCUT2D eigenvalue weighted by Gasteiger charge is 2.33. The fraction of sp³-hybridized carbons (Fsp3) is 0.423. The van der Waals surface area contributed by atoms with Crippen molar-refractivity contribution in [3.8, 4) is 11.5 Å². The maximum absolute atomic E-state index is 13.1. The Morgan fingerprint density at radius 2 is 1.53 bits per heavy atom. The first kappa shape index (κ1) is 23.6. The van der Waals surface area contributed by atoms with Crippen LogP contribution in [-0.2, 0) is 9.59 Å². The Morgan fingerprint density at radius 1 is 0.853 bits per heavy atom. The lowest BCUT2D eigenvalue weighted by atomic mass is 9.96. The summed E-state index contributed by atoms with van der Waals surface area (Å²) < 4.78 is 5.64. The van der Waals surface area contributed by atoms with Crippen LogP contribution in [0.1, 0.15) is 29.6 Å². The zero-order chi connectivity index (χ0) is 23.9. The van der Waals surface area contributed by atoms with Crippen molar-refractivity contribution in [1.29, 1.82) is 0 Å². The van der Waals surface area contributed by atoms with E-state index >= 15 is 0 Å². The molecule has 0 bridgehead atoms. The number of hydrogen-bond donors (Lipinski definition) is 1. The summed E-state index contributed by atoms with van der Waals surface area (Å²) in [6.45, 7) is 3.15. The zero-order valence-corrected chi connectivity index (χ0v) is 19.3. The molecule has 1 unspecified atom stereocenters. The SMILES string of the molecule is O=C(CCOc1ccccc1)N1CCCC(C(=O)N2CCN(C(=O)c3ccccc3O)CC2)C1. The Hall–Kier alpha value is -3.55. The largest absolute Gasteiger partial charge is 0.507 e. The van der Waals surface area contributed by atoms with E-state index in [1.807, 2.05) is 30.3 Å². The minimum Gasteiger partial charge on any atom is -0.507 e. The summed E-state index contributed by atoms with van der Waals surface area (Å²) in [5.41, 5.74) is 0.278. The molecule has 0 aromatic heterocycles. The predicted molar refractivity (Wildman–Crippen MR) is 126 cm³/mol. The predicted octanol–water partition coefficient (Wildman–Crippen LogP) is 2.38. The van der Waals surface area contributed by atoms with Gasteiger partial charge in [0.2, 0.25) is 11.8 Å². The van der Waals surface area contributed by atoms with E-state index in [9.17, 15) is 19.5 Å². The van der Waals surface area contributed by atoms with E-state index in [2.05, 4.69) is 0 Å². The molecule has 1 atom stereocenters. The third-order valence-electron chi connectivity index (χ3n) is 6.46. The highest BCUT2D eigenvalue weighted by molar-refractivity contribution is 5.97. The molecule has 0 spiro atoms. The summed E-state index contributed by atoms with van der Waals surface area (Å²) in [6, 6.07) is 15.9. The second-order valence-corrected chi connectivity index (χ2v) is 8.73. The number of phenolic OH excluding ortho intramolecular Hbond substituents is 1. The van der Waals surface area contributed by atoms with Crippen LogP contribution < -0.4 is 4.74 Å². The Labute approximate surface area is 199 Å². The molecule has 34 heavy (non-hydrogen) atoms. The Kier molecular flexibility index (Phi) is 7.67. The number of phenols is 1. The molecule has 0 aliphatic carbocycles. The maximum Gasteiger partial charge on any atom is 0.257 e. The first-order valence-electron chi connectivity index (χ1n) is 11.8. The number of para-hydroxylation sites is 2. The van der Waals surface area contributed by atoms with Crippen molar-refractivity contribution in [3.05, 3.63) is 60.2 Å². The molecule has 0 saturated carbocycles. The minimum absolute atomic E-state index is 0.00603. The number of amides is 3. The van der Waals surface area contributed by atoms with Gasteiger partial charge in [-0.15, -0.1) is 0 Å². The van der Waals surface area contributed by atoms with Crippen LogP contribution in [0.5, 0.6) is 11.5 Å². The average molecular weight is 466 g/mol. The first-order valence-corrected chi connectivity index (χ1v) is 11.8. The van der Waals surface area contributed by atoms with Crippen molar-refractivity contribution in [2.45, 2.75) is 19.3 Å². The smallest absolute Gasteiger partial charge is 0.257 e. The number of rotatable bonds is 6. The summed E-state index contributed by atoms with van der Waals surface area (Å²) in [5.74, 6) is 0.318. The van der Waals surface area contributed by atoms with Crippen LogP contribution in [0.15, 0.2) is 54.6 Å². The molecule has 2 aromatic rings. The third kappa shape index (κ3) is 5.68. The maximum atomic E-state index is 13.1. The number of likely N-dealkylation sites (tertiary alicyclic amines) is 1. The molecule has 3 amide bonds. The number of piperidine rings is 1. The molecular weight excluding hydrogens is 434 g/mol. The Bertz CT molecular complexity index is 1000. The standard InChI is InChI=1S/C26H31N3O5/c30-23-11-5-4-10-22(23)26(33)28-16-14-27(15-17-28)25(32)20-7-6-13-29(19-20)24(31)12-18-34-21-8-2-1-3-9-21/h1-5,8-11,20,30H,6-7,12-19H2. The number of carbonyl (C=O) groups excluding carboxylic acids is 3. The van der Waals surface area contributed by atoms with Gasteiger partial charge >= 0.3 is 0 Å². The zero-order valence-electron chi connectivity index (χ0n) is 19.3. The van der Waals surface area contributed by atoms with Crippen molar-refractivity contribution in [1.82, 2.24) is 14.7 Å². The van der Waals surface area contributed by atoms with Crippen LogP contribution >= 0.6 is 0 Å². The normalized spacial score (nSPS) is 18.5. The summed E-state index contributed by atoms with van der Waals surface area (Å²) in [4.78, 5) is 43.8. The number of nitrogens with zero attached hydrogens (tertiary/aromatic N) is 3. The number of piperazine rings is 1. The van der Waals surface area contributed by atoms with Gasteiger partial charge in [-0.1, -0.05) is 30.3 Å². The van der Waals surface area contributed by atoms with Gasteiger partial charge in [-0.05, 0) is 37.1 Å². The van der Waals surface area contributed by atoms with Gasteiger partial charge in [-0.25, -0.2) is 0 Å². The molecule has 2 heterocycles. The van der Waals surface area contributed by atoms with Gasteiger partial charge in [0.15, 0.2) is 0 Å². The summed E-state index contributed by atoms with van der Waals surface area (Å²) >= 11 is 0. The van der Waals surface area contributed by atoms with Crippen LogP contribution in [0.4, 0.5) is 0 Å². The lowest BCUT2D eigenvalue weighted by Crippen LogP contribution is -2.54. The van der Waals surface area contributed by atoms with E-state index in [4.69, 9.17) is 4.74 Å². The number of aromatic hydroxyl groups is 1. The van der Waals surface area contributed by atoms with E-state index in [0.717, 1.165) is 18.6 Å². The number of hydrogen-bond acceptors (Lipinski definition) is 5. The fourth-order valence-electron chi connectivity index (χ4n) is 4.55. The molecule has 180 valence electrons. The second-order valence-electron chi connectivity index (χ2n) is 8.73. The Morgan fingerprint density at radius 3 is 2.26 bits per heavy atom. The summed E-state index contributed by atoms with van der Waals surface area (Å²) in [6.07, 6.45) is 1.84. The van der Waals surface area contributed by atoms with Crippen molar-refractivity contribution in [2.75, 3.05) is 45.9 Å². The molecular formula is C26H31N3O5. The van der Waals surface area contributed by atoms with Gasteiger partial charge in [0.25, 0.3) is 5.91 Å². The molecule has 2 fully saturated rings. The van der Waals surface area contributed by atoms with Gasteiger partial charge in [0.05, 0.1) is 24.5 Å². The monoisotopic (exact) mass is 465 g/mol. The topological polar surface area (TPSA) is 90.4 Å². The van der Waals surface area contributed by atoms with Gasteiger partial charge < -0.3 is 24.5 Å². The van der Waals surface area contributed by atoms with E-state index in [1.165, 1.54) is 6.07 Å². The van der Waals surface area contributed by atoms with Crippen LogP contribution in [0, 0.1) is 5.92 Å². The molecule has 2 aliphatic heterocycles. The van der Waals surface area contributed by atoms with E-state index < -0.39 is 0 Å². The molecule has 8 nitrogen and oxygen atoms in total. The van der Waals surface area contributed by atoms with Gasteiger partial charge in [0, 0.05) is 39.3 Å². The first-order chi connectivity index (χ1) is 16.5. The van der Waals surface area contributed by atoms with Crippen LogP contribution in [0.25, 0.3) is 0 Å². The number of carbonyl (C=O) groups is 3. The third-order valence-corrected chi connectivity index (χ3v) is 6.46. The molecule has 4 rings (SSSR count). The van der Waals surface area contributed by atoms with Gasteiger partial charge in [0.1, 0.15) is 11.5 Å². The minimum atomic E-state index is -0.225. The quantitative estimate of drug-likeness (QED) is 0.708. The highest BCUT2D eigenvalue weighted by atomic mass is 16.5. The summed E-state index contributed by atoms with van der Waals surface area (Å²) in [5, 5.41) is 9.95. The number of ether oxygens (including phenoxy) is 1. The van der Waals surface area contributed by atoms with E-state index in [1.54, 1.807) is 32.9 Å². The molecule has 8 heteroatoms. The van der Waals surface area contributed by atoms with Gasteiger partial charge in [-0.2, -0.15) is 0 Å². The average Bonchev–Trinajstić information content (AvgIpc) is 2.89. The van der Waals surface area contributed by atoms with Crippen LogP contribution in [0.2, 0.25) is 0 Å². The second kappa shape index (κ2) is 11.0. The van der Waals surface area contributed by atoms with E-state index in [-0.39, 0.29) is 41.4 Å². The molecule has 2 aliphatic rings. The highest BCUT2D eigenvalue weighted by Crippen LogP contribution is 2.22. The molecule has 1 N–H and O–H groups in total. The van der Waals surface area contributed by atoms with Crippen molar-refractivity contribution < 1.29 is 24.2 Å². The van der Waals surface area contributed by atoms with Crippen LogP contribution in [0.3, 0.4) is 0 Å². The van der Waals surface area contributed by atoms with Crippen LogP contribution in [-0.4, -0.2) is 83.4 Å². The molecule has 0 radical (unpaired) electrons. The molecule has 2 aromatic carbocycles. The lowest BCUT2D eigenvalue weighted by molar-refractivity contribution is -0.142.